The van der Waals surface area contributed by atoms with Gasteiger partial charge in [-0.05, 0) is 17.7 Å². The van der Waals surface area contributed by atoms with Gasteiger partial charge in [0.05, 0.1) is 11.3 Å². The Bertz CT molecular complexity index is 863. The standard InChI is InChI=1S/C19H19N5O/c20-17-11-23(10-16(17)14-6-2-1-3-7-14)19(25)15-8-4-5-9-18(15)24-13-21-12-22-24/h1-9,12-13,16-17H,10-11,20H2/t16-,17+/m0/s1. The summed E-state index contributed by atoms with van der Waals surface area (Å²) in [5.41, 5.74) is 8.83. The average molecular weight is 333 g/mol. The number of hydrogen-bond acceptors (Lipinski definition) is 4. The van der Waals surface area contributed by atoms with Gasteiger partial charge in [-0.1, -0.05) is 42.5 Å². The van der Waals surface area contributed by atoms with Gasteiger partial charge in [-0.2, -0.15) is 5.10 Å². The molecule has 0 unspecified atom stereocenters. The first-order valence-corrected chi connectivity index (χ1v) is 8.28. The fourth-order valence-electron chi connectivity index (χ4n) is 3.40. The second-order valence-corrected chi connectivity index (χ2v) is 6.25. The molecule has 25 heavy (non-hydrogen) atoms. The molecule has 126 valence electrons. The van der Waals surface area contributed by atoms with E-state index >= 15 is 0 Å². The summed E-state index contributed by atoms with van der Waals surface area (Å²) < 4.78 is 1.61. The lowest BCUT2D eigenvalue weighted by atomic mass is 9.95. The molecule has 3 aromatic rings. The fourth-order valence-corrected chi connectivity index (χ4v) is 3.40. The van der Waals surface area contributed by atoms with Crippen LogP contribution >= 0.6 is 0 Å². The zero-order chi connectivity index (χ0) is 17.2. The van der Waals surface area contributed by atoms with Crippen LogP contribution < -0.4 is 5.73 Å². The number of benzene rings is 2. The number of carbonyl (C=O) groups excluding carboxylic acids is 1. The Morgan fingerprint density at radius 2 is 1.80 bits per heavy atom. The third-order valence-corrected chi connectivity index (χ3v) is 4.68. The summed E-state index contributed by atoms with van der Waals surface area (Å²) in [6, 6.07) is 17.5. The first-order chi connectivity index (χ1) is 12.2. The molecule has 2 atom stereocenters. The molecule has 6 nitrogen and oxygen atoms in total. The number of rotatable bonds is 3. The van der Waals surface area contributed by atoms with Crippen molar-refractivity contribution in [3.63, 3.8) is 0 Å². The van der Waals surface area contributed by atoms with Crippen molar-refractivity contribution in [3.8, 4) is 5.69 Å². The van der Waals surface area contributed by atoms with Crippen LogP contribution in [0, 0.1) is 0 Å². The molecule has 2 N–H and O–H groups in total. The average Bonchev–Trinajstić information content (AvgIpc) is 3.32. The number of aromatic nitrogens is 3. The summed E-state index contributed by atoms with van der Waals surface area (Å²) in [4.78, 5) is 18.9. The van der Waals surface area contributed by atoms with Crippen molar-refractivity contribution in [2.45, 2.75) is 12.0 Å². The van der Waals surface area contributed by atoms with Crippen molar-refractivity contribution in [3.05, 3.63) is 78.4 Å². The lowest BCUT2D eigenvalue weighted by Gasteiger charge is -2.18. The van der Waals surface area contributed by atoms with Crippen LogP contribution in [0.25, 0.3) is 5.69 Å². The minimum atomic E-state index is -0.0649. The Balaban J connectivity index is 1.61. The van der Waals surface area contributed by atoms with Gasteiger partial charge in [-0.15, -0.1) is 0 Å². The van der Waals surface area contributed by atoms with E-state index in [0.717, 1.165) is 5.69 Å². The summed E-state index contributed by atoms with van der Waals surface area (Å²) in [6.45, 7) is 1.17. The maximum atomic E-state index is 13.1. The van der Waals surface area contributed by atoms with Crippen LogP contribution in [-0.4, -0.2) is 44.7 Å². The van der Waals surface area contributed by atoms with Gasteiger partial charge in [0.1, 0.15) is 12.7 Å². The van der Waals surface area contributed by atoms with Crippen molar-refractivity contribution in [1.29, 1.82) is 0 Å². The maximum Gasteiger partial charge on any atom is 0.256 e. The molecule has 1 aliphatic rings. The number of para-hydroxylation sites is 1. The van der Waals surface area contributed by atoms with E-state index < -0.39 is 0 Å². The van der Waals surface area contributed by atoms with Crippen LogP contribution in [0.15, 0.2) is 67.3 Å². The van der Waals surface area contributed by atoms with E-state index in [1.807, 2.05) is 47.4 Å². The lowest BCUT2D eigenvalue weighted by molar-refractivity contribution is 0.0789. The third-order valence-electron chi connectivity index (χ3n) is 4.68. The molecule has 6 heteroatoms. The zero-order valence-corrected chi connectivity index (χ0v) is 13.7. The van der Waals surface area contributed by atoms with Gasteiger partial charge in [-0.25, -0.2) is 9.67 Å². The molecule has 2 heterocycles. The molecule has 0 spiro atoms. The van der Waals surface area contributed by atoms with Crippen molar-refractivity contribution < 1.29 is 4.79 Å². The van der Waals surface area contributed by atoms with Crippen molar-refractivity contribution in [2.75, 3.05) is 13.1 Å². The largest absolute Gasteiger partial charge is 0.336 e. The molecular formula is C19H19N5O. The maximum absolute atomic E-state index is 13.1. The van der Waals surface area contributed by atoms with Gasteiger partial charge in [0.2, 0.25) is 0 Å². The SMILES string of the molecule is N[C@@H]1CN(C(=O)c2ccccc2-n2cncn2)C[C@H]1c1ccccc1. The van der Waals surface area contributed by atoms with Crippen LogP contribution in [0.2, 0.25) is 0 Å². The molecule has 1 aromatic heterocycles. The lowest BCUT2D eigenvalue weighted by Crippen LogP contribution is -2.32. The molecule has 1 aliphatic heterocycles. The van der Waals surface area contributed by atoms with Crippen LogP contribution in [0.5, 0.6) is 0 Å². The Morgan fingerprint density at radius 1 is 1.04 bits per heavy atom. The Morgan fingerprint density at radius 3 is 2.56 bits per heavy atom. The summed E-state index contributed by atoms with van der Waals surface area (Å²) >= 11 is 0. The highest BCUT2D eigenvalue weighted by Crippen LogP contribution is 2.28. The molecule has 1 fully saturated rings. The number of nitrogens with zero attached hydrogens (tertiary/aromatic N) is 4. The highest BCUT2D eigenvalue weighted by molar-refractivity contribution is 5.98. The summed E-state index contributed by atoms with van der Waals surface area (Å²) in [6.07, 6.45) is 3.05. The second-order valence-electron chi connectivity index (χ2n) is 6.25. The number of carbonyl (C=O) groups is 1. The first kappa shape index (κ1) is 15.5. The monoisotopic (exact) mass is 333 g/mol. The quantitative estimate of drug-likeness (QED) is 0.793. The fraction of sp³-hybridized carbons (Fsp3) is 0.211. The van der Waals surface area contributed by atoms with E-state index in [9.17, 15) is 4.79 Å². The van der Waals surface area contributed by atoms with E-state index in [-0.39, 0.29) is 17.9 Å². The normalized spacial score (nSPS) is 20.0. The molecule has 4 rings (SSSR count). The van der Waals surface area contributed by atoms with E-state index in [1.165, 1.54) is 11.9 Å². The highest BCUT2D eigenvalue weighted by atomic mass is 16.2. The topological polar surface area (TPSA) is 77.0 Å². The summed E-state index contributed by atoms with van der Waals surface area (Å²) in [7, 11) is 0. The Kier molecular flexibility index (Phi) is 4.03. The highest BCUT2D eigenvalue weighted by Gasteiger charge is 2.34. The summed E-state index contributed by atoms with van der Waals surface area (Å²) in [5, 5.41) is 4.14. The van der Waals surface area contributed by atoms with Gasteiger partial charge in [0.25, 0.3) is 5.91 Å². The Hall–Kier alpha value is -2.99. The van der Waals surface area contributed by atoms with Crippen LogP contribution in [0.1, 0.15) is 21.8 Å². The predicted molar refractivity (Wildman–Crippen MR) is 94.4 cm³/mol. The van der Waals surface area contributed by atoms with Crippen molar-refractivity contribution in [1.82, 2.24) is 19.7 Å². The van der Waals surface area contributed by atoms with Crippen LogP contribution in [0.4, 0.5) is 0 Å². The molecule has 0 bridgehead atoms. The Labute approximate surface area is 145 Å². The van der Waals surface area contributed by atoms with Crippen molar-refractivity contribution in [2.24, 2.45) is 5.73 Å². The van der Waals surface area contributed by atoms with Crippen molar-refractivity contribution >= 4 is 5.91 Å². The molecule has 1 saturated heterocycles. The third kappa shape index (κ3) is 2.92. The second kappa shape index (κ2) is 6.49. The minimum Gasteiger partial charge on any atom is -0.336 e. The molecule has 0 radical (unpaired) electrons. The molecule has 0 aliphatic carbocycles. The minimum absolute atomic E-state index is 0.0278. The summed E-state index contributed by atoms with van der Waals surface area (Å²) in [5.74, 6) is 0.128. The molecule has 0 saturated carbocycles. The molecular weight excluding hydrogens is 314 g/mol. The van der Waals surface area contributed by atoms with E-state index in [0.29, 0.717) is 18.7 Å². The first-order valence-electron chi connectivity index (χ1n) is 8.28. The van der Waals surface area contributed by atoms with Gasteiger partial charge in [0, 0.05) is 25.0 Å². The van der Waals surface area contributed by atoms with Crippen LogP contribution in [0.3, 0.4) is 0 Å². The van der Waals surface area contributed by atoms with E-state index in [2.05, 4.69) is 22.2 Å². The number of likely N-dealkylation sites (tertiary alicyclic amines) is 1. The van der Waals surface area contributed by atoms with E-state index in [1.54, 1.807) is 11.0 Å². The zero-order valence-electron chi connectivity index (χ0n) is 13.7. The molecule has 1 amide bonds. The predicted octanol–water partition coefficient (Wildman–Crippen LogP) is 1.83. The number of hydrogen-bond donors (Lipinski definition) is 1. The van der Waals surface area contributed by atoms with E-state index in [4.69, 9.17) is 5.73 Å². The number of nitrogens with two attached hydrogens (primary N) is 1. The van der Waals surface area contributed by atoms with Gasteiger partial charge < -0.3 is 10.6 Å². The number of amides is 1. The van der Waals surface area contributed by atoms with Crippen LogP contribution in [-0.2, 0) is 0 Å². The van der Waals surface area contributed by atoms with Gasteiger partial charge in [0.15, 0.2) is 0 Å². The molecule has 2 aromatic carbocycles. The van der Waals surface area contributed by atoms with Gasteiger partial charge in [-0.3, -0.25) is 4.79 Å². The van der Waals surface area contributed by atoms with Gasteiger partial charge >= 0.3 is 0 Å². The smallest absolute Gasteiger partial charge is 0.256 e.